The fraction of sp³-hybridized carbons (Fsp3) is 0.333. The Balaban J connectivity index is 0. The Morgan fingerprint density at radius 2 is 1.88 bits per heavy atom. The summed E-state index contributed by atoms with van der Waals surface area (Å²) in [5, 5.41) is 7.78. The Bertz CT molecular complexity index is 90.7. The molecule has 0 aromatic rings. The van der Waals surface area contributed by atoms with Crippen molar-refractivity contribution in [1.82, 2.24) is 0 Å². The van der Waals surface area contributed by atoms with Gasteiger partial charge in [0.25, 0.3) is 0 Å². The predicted octanol–water partition coefficient (Wildman–Crippen LogP) is -1.70. The van der Waals surface area contributed by atoms with Crippen LogP contribution in [0.15, 0.2) is 0 Å². The Kier molecular flexibility index (Phi) is 6.89. The van der Waals surface area contributed by atoms with Crippen molar-refractivity contribution in [2.45, 2.75) is 6.42 Å². The van der Waals surface area contributed by atoms with Crippen molar-refractivity contribution in [1.29, 1.82) is 0 Å². The third kappa shape index (κ3) is 9.34. The summed E-state index contributed by atoms with van der Waals surface area (Å²) in [4.78, 5) is 19.2. The first-order chi connectivity index (χ1) is 3.13. The summed E-state index contributed by atoms with van der Waals surface area (Å²) in [6.45, 7) is 0. The van der Waals surface area contributed by atoms with Gasteiger partial charge in [-0.25, -0.2) is 0 Å². The van der Waals surface area contributed by atoms with Gasteiger partial charge in [0.05, 0.1) is 0 Å². The van der Waals surface area contributed by atoms with Crippen molar-refractivity contribution in [2.75, 3.05) is 0 Å². The molecule has 42 valence electrons. The Hall–Kier alpha value is -0.0600. The third-order valence-electron chi connectivity index (χ3n) is 0.325. The van der Waals surface area contributed by atoms with Crippen molar-refractivity contribution in [2.24, 2.45) is 5.73 Å². The molecular formula is C3H6NNaO3. The van der Waals surface area contributed by atoms with E-state index >= 15 is 0 Å². The van der Waals surface area contributed by atoms with Gasteiger partial charge in [0.1, 0.15) is 6.42 Å². The average Bonchev–Trinajstić information content (AvgIpc) is 1.27. The van der Waals surface area contributed by atoms with Crippen molar-refractivity contribution >= 4 is 41.4 Å². The molecular weight excluding hydrogens is 121 g/mol. The van der Waals surface area contributed by atoms with E-state index in [1.807, 2.05) is 0 Å². The van der Waals surface area contributed by atoms with E-state index in [1.54, 1.807) is 0 Å². The number of hydrogen-bond acceptors (Lipinski definition) is 2. The van der Waals surface area contributed by atoms with Crippen LogP contribution in [0.3, 0.4) is 0 Å². The molecule has 0 fully saturated rings. The second kappa shape index (κ2) is 5.08. The van der Waals surface area contributed by atoms with E-state index in [2.05, 4.69) is 5.73 Å². The fourth-order valence-electron chi connectivity index (χ4n) is 0.149. The SMILES string of the molecule is NC(=O)CC(=O)O.[NaH]. The number of hydrogen-bond donors (Lipinski definition) is 2. The van der Waals surface area contributed by atoms with Crippen LogP contribution in [0.5, 0.6) is 0 Å². The summed E-state index contributed by atoms with van der Waals surface area (Å²) in [5.74, 6) is -2.00. The van der Waals surface area contributed by atoms with Crippen molar-refractivity contribution in [3.05, 3.63) is 0 Å². The van der Waals surface area contributed by atoms with Gasteiger partial charge in [-0.3, -0.25) is 9.59 Å². The molecule has 0 spiro atoms. The zero-order valence-electron chi connectivity index (χ0n) is 3.55. The first kappa shape index (κ1) is 10.8. The normalized spacial score (nSPS) is 7.00. The van der Waals surface area contributed by atoms with Gasteiger partial charge >= 0.3 is 35.5 Å². The predicted molar refractivity (Wildman–Crippen MR) is 28.6 cm³/mol. The summed E-state index contributed by atoms with van der Waals surface area (Å²) >= 11 is 0. The van der Waals surface area contributed by atoms with Crippen LogP contribution < -0.4 is 5.73 Å². The molecule has 4 nitrogen and oxygen atoms in total. The second-order valence-corrected chi connectivity index (χ2v) is 1.04. The number of nitrogens with two attached hydrogens (primary N) is 1. The maximum absolute atomic E-state index is 9.65. The number of carboxylic acids is 1. The Morgan fingerprint density at radius 1 is 1.50 bits per heavy atom. The number of aliphatic carboxylic acids is 1. The van der Waals surface area contributed by atoms with Gasteiger partial charge in [-0.15, -0.1) is 0 Å². The first-order valence-corrected chi connectivity index (χ1v) is 1.63. The van der Waals surface area contributed by atoms with Gasteiger partial charge in [-0.2, -0.15) is 0 Å². The van der Waals surface area contributed by atoms with Gasteiger partial charge in [-0.05, 0) is 0 Å². The van der Waals surface area contributed by atoms with Crippen LogP contribution in [0.4, 0.5) is 0 Å². The molecule has 0 aliphatic rings. The molecule has 0 aliphatic heterocycles. The van der Waals surface area contributed by atoms with Gasteiger partial charge in [0.15, 0.2) is 0 Å². The number of amides is 1. The molecule has 0 radical (unpaired) electrons. The summed E-state index contributed by atoms with van der Waals surface area (Å²) in [7, 11) is 0. The van der Waals surface area contributed by atoms with Gasteiger partial charge in [0.2, 0.25) is 5.91 Å². The molecule has 0 aromatic heterocycles. The van der Waals surface area contributed by atoms with Gasteiger partial charge < -0.3 is 10.8 Å². The minimum atomic E-state index is -1.19. The zero-order chi connectivity index (χ0) is 5.86. The Morgan fingerprint density at radius 3 is 1.88 bits per heavy atom. The molecule has 3 N–H and O–H groups in total. The minimum absolute atomic E-state index is 0. The molecule has 0 heterocycles. The van der Waals surface area contributed by atoms with Crippen molar-refractivity contribution < 1.29 is 14.7 Å². The molecule has 0 aliphatic carbocycles. The van der Waals surface area contributed by atoms with Crippen LogP contribution in [0.2, 0.25) is 0 Å². The van der Waals surface area contributed by atoms with E-state index in [0.29, 0.717) is 0 Å². The van der Waals surface area contributed by atoms with Crippen LogP contribution >= 0.6 is 0 Å². The third-order valence-corrected chi connectivity index (χ3v) is 0.325. The number of primary amides is 1. The van der Waals surface area contributed by atoms with Crippen LogP contribution in [0, 0.1) is 0 Å². The maximum atomic E-state index is 9.65. The molecule has 0 saturated heterocycles. The molecule has 8 heavy (non-hydrogen) atoms. The molecule has 0 aromatic carbocycles. The molecule has 0 rings (SSSR count). The fourth-order valence-corrected chi connectivity index (χ4v) is 0.149. The zero-order valence-corrected chi connectivity index (χ0v) is 3.55. The summed E-state index contributed by atoms with van der Waals surface area (Å²) in [6, 6.07) is 0. The van der Waals surface area contributed by atoms with Crippen LogP contribution in [-0.4, -0.2) is 46.5 Å². The molecule has 0 unspecified atom stereocenters. The molecule has 5 heteroatoms. The molecule has 1 amide bonds. The van der Waals surface area contributed by atoms with Gasteiger partial charge in [0, 0.05) is 0 Å². The van der Waals surface area contributed by atoms with E-state index in [-0.39, 0.29) is 29.6 Å². The first-order valence-electron chi connectivity index (χ1n) is 1.63. The molecule has 0 atom stereocenters. The van der Waals surface area contributed by atoms with E-state index in [9.17, 15) is 9.59 Å². The summed E-state index contributed by atoms with van der Waals surface area (Å²) in [6.07, 6.45) is -0.583. The van der Waals surface area contributed by atoms with E-state index < -0.39 is 18.3 Å². The number of carboxylic acid groups (broad SMARTS) is 1. The topological polar surface area (TPSA) is 80.4 Å². The van der Waals surface area contributed by atoms with E-state index in [0.717, 1.165) is 0 Å². The monoisotopic (exact) mass is 127 g/mol. The number of carbonyl (C=O) groups is 2. The van der Waals surface area contributed by atoms with Crippen molar-refractivity contribution in [3.63, 3.8) is 0 Å². The summed E-state index contributed by atoms with van der Waals surface area (Å²) < 4.78 is 0. The number of rotatable bonds is 2. The van der Waals surface area contributed by atoms with Crippen LogP contribution in [0.1, 0.15) is 6.42 Å². The standard InChI is InChI=1S/C3H5NO3.Na.H/c4-2(5)1-3(6)7;;/h1H2,(H2,4,5)(H,6,7);;. The van der Waals surface area contributed by atoms with Crippen LogP contribution in [0.25, 0.3) is 0 Å². The number of carbonyl (C=O) groups excluding carboxylic acids is 1. The molecule has 0 bridgehead atoms. The quantitative estimate of drug-likeness (QED) is 0.342. The van der Waals surface area contributed by atoms with Crippen molar-refractivity contribution in [3.8, 4) is 0 Å². The van der Waals surface area contributed by atoms with Gasteiger partial charge in [-0.1, -0.05) is 0 Å². The van der Waals surface area contributed by atoms with Crippen LogP contribution in [-0.2, 0) is 9.59 Å². The summed E-state index contributed by atoms with van der Waals surface area (Å²) in [5.41, 5.74) is 4.47. The van der Waals surface area contributed by atoms with E-state index in [1.165, 1.54) is 0 Å². The average molecular weight is 127 g/mol. The van der Waals surface area contributed by atoms with E-state index in [4.69, 9.17) is 5.11 Å². The molecule has 0 saturated carbocycles. The Labute approximate surface area is 68.3 Å². The second-order valence-electron chi connectivity index (χ2n) is 1.04.